The highest BCUT2D eigenvalue weighted by Crippen LogP contribution is 2.42. The van der Waals surface area contributed by atoms with Gasteiger partial charge >= 0.3 is 0 Å². The van der Waals surface area contributed by atoms with Crippen molar-refractivity contribution in [2.24, 2.45) is 11.7 Å². The van der Waals surface area contributed by atoms with Crippen molar-refractivity contribution in [3.63, 3.8) is 0 Å². The van der Waals surface area contributed by atoms with Crippen LogP contribution in [-0.4, -0.2) is 32.7 Å². The summed E-state index contributed by atoms with van der Waals surface area (Å²) in [5, 5.41) is 0. The molecule has 1 aliphatic heterocycles. The number of hydrogen-bond acceptors (Lipinski definition) is 4. The molecule has 2 N–H and O–H groups in total. The first-order valence-electron chi connectivity index (χ1n) is 7.41. The molecule has 0 radical (unpaired) electrons. The Hall–Kier alpha value is -1.10. The van der Waals surface area contributed by atoms with Crippen LogP contribution < -0.4 is 10.5 Å². The molecule has 20 heavy (non-hydrogen) atoms. The topological polar surface area (TPSA) is 53.7 Å². The van der Waals surface area contributed by atoms with Gasteiger partial charge in [-0.2, -0.15) is 0 Å². The van der Waals surface area contributed by atoms with E-state index in [0.717, 1.165) is 38.0 Å². The van der Waals surface area contributed by atoms with Crippen LogP contribution in [0, 0.1) is 5.92 Å². The van der Waals surface area contributed by atoms with Gasteiger partial charge in [0.1, 0.15) is 5.75 Å². The van der Waals surface area contributed by atoms with Gasteiger partial charge in [0.25, 0.3) is 0 Å². The highest BCUT2D eigenvalue weighted by atomic mass is 16.7. The second-order valence-electron chi connectivity index (χ2n) is 5.65. The highest BCUT2D eigenvalue weighted by Gasteiger charge is 2.47. The van der Waals surface area contributed by atoms with Crippen LogP contribution in [0.4, 0.5) is 0 Å². The van der Waals surface area contributed by atoms with Crippen molar-refractivity contribution in [2.75, 3.05) is 26.9 Å². The van der Waals surface area contributed by atoms with Crippen molar-refractivity contribution in [2.45, 2.75) is 31.5 Å². The van der Waals surface area contributed by atoms with E-state index in [1.165, 1.54) is 11.1 Å². The van der Waals surface area contributed by atoms with Crippen LogP contribution in [0.2, 0.25) is 0 Å². The first-order valence-corrected chi connectivity index (χ1v) is 7.41. The Balaban J connectivity index is 1.88. The molecule has 0 saturated carbocycles. The summed E-state index contributed by atoms with van der Waals surface area (Å²) >= 11 is 0. The number of methoxy groups -OCH3 is 1. The van der Waals surface area contributed by atoms with Gasteiger partial charge in [-0.05, 0) is 49.1 Å². The van der Waals surface area contributed by atoms with Crippen molar-refractivity contribution >= 4 is 0 Å². The van der Waals surface area contributed by atoms with E-state index in [9.17, 15) is 0 Å². The molecular formula is C16H23NO3. The van der Waals surface area contributed by atoms with Crippen molar-refractivity contribution < 1.29 is 14.2 Å². The van der Waals surface area contributed by atoms with E-state index in [4.69, 9.17) is 19.9 Å². The Morgan fingerprint density at radius 2 is 2.10 bits per heavy atom. The van der Waals surface area contributed by atoms with Crippen LogP contribution in [-0.2, 0) is 22.3 Å². The fourth-order valence-electron chi connectivity index (χ4n) is 3.42. The van der Waals surface area contributed by atoms with Crippen LogP contribution >= 0.6 is 0 Å². The van der Waals surface area contributed by atoms with E-state index in [-0.39, 0.29) is 0 Å². The summed E-state index contributed by atoms with van der Waals surface area (Å²) in [6.07, 6.45) is 3.89. The Morgan fingerprint density at radius 1 is 1.30 bits per heavy atom. The lowest BCUT2D eigenvalue weighted by Gasteiger charge is -2.40. The molecule has 1 aliphatic carbocycles. The largest absolute Gasteiger partial charge is 0.497 e. The van der Waals surface area contributed by atoms with E-state index in [1.807, 2.05) is 6.07 Å². The Bertz CT molecular complexity index is 469. The number of rotatable bonds is 4. The maximum atomic E-state index is 6.02. The molecular weight excluding hydrogens is 254 g/mol. The fourth-order valence-corrected chi connectivity index (χ4v) is 3.42. The van der Waals surface area contributed by atoms with E-state index < -0.39 is 5.79 Å². The smallest absolute Gasteiger partial charge is 0.175 e. The minimum absolute atomic E-state index is 0.398. The molecule has 1 heterocycles. The zero-order valence-corrected chi connectivity index (χ0v) is 12.1. The normalized spacial score (nSPS) is 23.8. The Morgan fingerprint density at radius 3 is 2.80 bits per heavy atom. The molecule has 0 amide bonds. The van der Waals surface area contributed by atoms with Gasteiger partial charge in [-0.15, -0.1) is 0 Å². The minimum Gasteiger partial charge on any atom is -0.497 e. The summed E-state index contributed by atoms with van der Waals surface area (Å²) in [5.74, 6) is 0.862. The van der Waals surface area contributed by atoms with Crippen LogP contribution in [0.1, 0.15) is 24.0 Å². The average molecular weight is 277 g/mol. The number of benzene rings is 1. The predicted molar refractivity (Wildman–Crippen MR) is 76.8 cm³/mol. The lowest BCUT2D eigenvalue weighted by atomic mass is 9.77. The monoisotopic (exact) mass is 277 g/mol. The lowest BCUT2D eigenvalue weighted by molar-refractivity contribution is -0.200. The summed E-state index contributed by atoms with van der Waals surface area (Å²) in [5.41, 5.74) is 8.34. The van der Waals surface area contributed by atoms with Gasteiger partial charge in [0.2, 0.25) is 0 Å². The summed E-state index contributed by atoms with van der Waals surface area (Å²) in [6, 6.07) is 6.32. The van der Waals surface area contributed by atoms with Gasteiger partial charge < -0.3 is 19.9 Å². The number of nitrogens with two attached hydrogens (primary N) is 1. The van der Waals surface area contributed by atoms with Crippen LogP contribution in [0.3, 0.4) is 0 Å². The summed E-state index contributed by atoms with van der Waals surface area (Å²) in [6.45, 7) is 2.11. The van der Waals surface area contributed by atoms with Crippen molar-refractivity contribution in [1.29, 1.82) is 0 Å². The summed E-state index contributed by atoms with van der Waals surface area (Å²) in [4.78, 5) is 0. The second-order valence-corrected chi connectivity index (χ2v) is 5.65. The van der Waals surface area contributed by atoms with Crippen LogP contribution in [0.15, 0.2) is 18.2 Å². The van der Waals surface area contributed by atoms with Gasteiger partial charge in [-0.25, -0.2) is 0 Å². The first-order chi connectivity index (χ1) is 9.77. The molecule has 0 aromatic heterocycles. The molecule has 4 nitrogen and oxygen atoms in total. The predicted octanol–water partition coefficient (Wildman–Crippen LogP) is 1.89. The van der Waals surface area contributed by atoms with E-state index in [2.05, 4.69) is 12.1 Å². The molecule has 3 rings (SSSR count). The van der Waals surface area contributed by atoms with Gasteiger partial charge in [0.05, 0.1) is 20.3 Å². The molecule has 1 atom stereocenters. The van der Waals surface area contributed by atoms with Gasteiger partial charge in [-0.1, -0.05) is 6.07 Å². The molecule has 1 saturated heterocycles. The Labute approximate surface area is 120 Å². The third-order valence-electron chi connectivity index (χ3n) is 4.47. The van der Waals surface area contributed by atoms with E-state index in [0.29, 0.717) is 19.1 Å². The molecule has 1 unspecified atom stereocenters. The standard InChI is InChI=1S/C16H23NO3/c1-18-15-5-4-12-9-14(3-2-6-17)16(11-13(12)10-15)19-7-8-20-16/h4-5,10,14H,2-3,6-9,11,17H2,1H3. The second kappa shape index (κ2) is 5.72. The zero-order chi connectivity index (χ0) is 14.0. The van der Waals surface area contributed by atoms with Crippen LogP contribution in [0.25, 0.3) is 0 Å². The SMILES string of the molecule is COc1ccc2c(c1)CC1(OCCO1)C(CCCN)C2. The molecule has 1 spiro atoms. The highest BCUT2D eigenvalue weighted by molar-refractivity contribution is 5.39. The van der Waals surface area contributed by atoms with Gasteiger partial charge in [0, 0.05) is 12.3 Å². The number of fused-ring (bicyclic) bond motifs is 1. The van der Waals surface area contributed by atoms with Gasteiger partial charge in [-0.3, -0.25) is 0 Å². The third kappa shape index (κ3) is 2.43. The lowest BCUT2D eigenvalue weighted by Crippen LogP contribution is -2.45. The van der Waals surface area contributed by atoms with Crippen molar-refractivity contribution in [3.05, 3.63) is 29.3 Å². The van der Waals surface area contributed by atoms with Gasteiger partial charge in [0.15, 0.2) is 5.79 Å². The molecule has 0 bridgehead atoms. The summed E-state index contributed by atoms with van der Waals surface area (Å²) < 4.78 is 17.4. The molecule has 110 valence electrons. The summed E-state index contributed by atoms with van der Waals surface area (Å²) in [7, 11) is 1.70. The third-order valence-corrected chi connectivity index (χ3v) is 4.47. The van der Waals surface area contributed by atoms with E-state index in [1.54, 1.807) is 7.11 Å². The van der Waals surface area contributed by atoms with Crippen LogP contribution in [0.5, 0.6) is 5.75 Å². The van der Waals surface area contributed by atoms with Crippen molar-refractivity contribution in [1.82, 2.24) is 0 Å². The average Bonchev–Trinajstić information content (AvgIpc) is 2.93. The molecule has 1 aromatic rings. The number of ether oxygens (including phenoxy) is 3. The quantitative estimate of drug-likeness (QED) is 0.913. The first kappa shape index (κ1) is 13.9. The molecule has 2 aliphatic rings. The molecule has 4 heteroatoms. The minimum atomic E-state index is -0.436. The fraction of sp³-hybridized carbons (Fsp3) is 0.625. The maximum Gasteiger partial charge on any atom is 0.175 e. The molecule has 1 aromatic carbocycles. The maximum absolute atomic E-state index is 6.02. The van der Waals surface area contributed by atoms with Crippen molar-refractivity contribution in [3.8, 4) is 5.75 Å². The number of hydrogen-bond donors (Lipinski definition) is 1. The molecule has 1 fully saturated rings. The Kier molecular flexibility index (Phi) is 3.96. The van der Waals surface area contributed by atoms with E-state index >= 15 is 0 Å². The zero-order valence-electron chi connectivity index (χ0n) is 12.1.